The van der Waals surface area contributed by atoms with Crippen molar-refractivity contribution in [3.05, 3.63) is 142 Å². The number of rotatable bonds is 10. The zero-order valence-electron chi connectivity index (χ0n) is 26.6. The minimum Gasteiger partial charge on any atom is -0.507 e. The van der Waals surface area contributed by atoms with Crippen LogP contribution in [-0.4, -0.2) is 27.0 Å². The van der Waals surface area contributed by atoms with Gasteiger partial charge in [-0.05, 0) is 66.3 Å². The molecule has 1 unspecified atom stereocenters. The number of aromatic nitrogens is 2. The van der Waals surface area contributed by atoms with Crippen LogP contribution in [0.2, 0.25) is 0 Å². The summed E-state index contributed by atoms with van der Waals surface area (Å²) in [5.74, 6) is -0.170. The molecule has 238 valence electrons. The van der Waals surface area contributed by atoms with Gasteiger partial charge in [-0.3, -0.25) is 14.5 Å². The third-order valence-electron chi connectivity index (χ3n) is 8.06. The second-order valence-electron chi connectivity index (χ2n) is 11.9. The van der Waals surface area contributed by atoms with E-state index in [4.69, 9.17) is 4.74 Å². The summed E-state index contributed by atoms with van der Waals surface area (Å²) >= 11 is 2.77. The lowest BCUT2D eigenvalue weighted by Gasteiger charge is -2.23. The number of thioether (sulfide) groups is 1. The van der Waals surface area contributed by atoms with Gasteiger partial charge in [0.05, 0.1) is 11.6 Å². The number of aliphatic hydroxyl groups excluding tert-OH is 1. The Morgan fingerprint density at radius 2 is 1.62 bits per heavy atom. The first-order valence-corrected chi connectivity index (χ1v) is 17.2. The molecule has 1 atom stereocenters. The van der Waals surface area contributed by atoms with E-state index in [2.05, 4.69) is 54.4 Å². The third-order valence-corrected chi connectivity index (χ3v) is 10.2. The molecule has 0 saturated carbocycles. The Morgan fingerprint density at radius 1 is 0.894 bits per heavy atom. The highest BCUT2D eigenvalue weighted by molar-refractivity contribution is 8.00. The number of carbonyl (C=O) groups excluding carboxylic acids is 2. The number of hydrogen-bond donors (Lipinski definition) is 1. The molecular weight excluding hydrogens is 627 g/mol. The van der Waals surface area contributed by atoms with Gasteiger partial charge in [0.1, 0.15) is 18.1 Å². The number of carbonyl (C=O) groups is 2. The van der Waals surface area contributed by atoms with Crippen molar-refractivity contribution >= 4 is 45.7 Å². The number of anilines is 1. The summed E-state index contributed by atoms with van der Waals surface area (Å²) in [5, 5.41) is 20.6. The predicted molar refractivity (Wildman–Crippen MR) is 188 cm³/mol. The van der Waals surface area contributed by atoms with E-state index in [0.717, 1.165) is 22.3 Å². The van der Waals surface area contributed by atoms with Crippen LogP contribution in [-0.2, 0) is 21.9 Å². The highest BCUT2D eigenvalue weighted by atomic mass is 32.2. The Kier molecular flexibility index (Phi) is 9.56. The van der Waals surface area contributed by atoms with Crippen molar-refractivity contribution in [2.24, 2.45) is 0 Å². The molecule has 0 bridgehead atoms. The first-order chi connectivity index (χ1) is 22.7. The SMILES string of the molecule is Cc1ccc(CSc2nnc(N3C(=O)C(=O)/C(=C(/O)c4ccc(OCc5cccc(C)c5)cc4)C3c3ccc(C(C)C)cc3)s2)cc1. The lowest BCUT2D eigenvalue weighted by atomic mass is 9.93. The van der Waals surface area contributed by atoms with Crippen LogP contribution in [0.25, 0.3) is 5.76 Å². The Hall–Kier alpha value is -4.73. The molecular formula is C38H35N3O4S2. The normalized spacial score (nSPS) is 15.9. The number of hydrogen-bond acceptors (Lipinski definition) is 8. The van der Waals surface area contributed by atoms with Crippen LogP contribution in [0.4, 0.5) is 5.13 Å². The molecule has 4 aromatic carbocycles. The molecule has 6 rings (SSSR count). The van der Waals surface area contributed by atoms with Gasteiger partial charge in [-0.2, -0.15) is 0 Å². The molecule has 1 N–H and O–H groups in total. The van der Waals surface area contributed by atoms with Crippen molar-refractivity contribution in [2.45, 2.75) is 56.4 Å². The highest BCUT2D eigenvalue weighted by Gasteiger charge is 2.48. The van der Waals surface area contributed by atoms with Crippen LogP contribution in [0.5, 0.6) is 5.75 Å². The monoisotopic (exact) mass is 661 g/mol. The highest BCUT2D eigenvalue weighted by Crippen LogP contribution is 2.44. The second-order valence-corrected chi connectivity index (χ2v) is 14.1. The van der Waals surface area contributed by atoms with E-state index in [1.807, 2.05) is 56.3 Å². The number of amides is 1. The van der Waals surface area contributed by atoms with E-state index in [9.17, 15) is 14.7 Å². The maximum absolute atomic E-state index is 13.7. The summed E-state index contributed by atoms with van der Waals surface area (Å²) in [6.45, 7) is 8.69. The topological polar surface area (TPSA) is 92.6 Å². The number of nitrogens with zero attached hydrogens (tertiary/aromatic N) is 3. The molecule has 47 heavy (non-hydrogen) atoms. The van der Waals surface area contributed by atoms with Gasteiger partial charge in [0.15, 0.2) is 4.34 Å². The number of ether oxygens (including phenoxy) is 1. The van der Waals surface area contributed by atoms with Crippen LogP contribution in [0, 0.1) is 13.8 Å². The summed E-state index contributed by atoms with van der Waals surface area (Å²) in [5.41, 5.74) is 6.77. The lowest BCUT2D eigenvalue weighted by molar-refractivity contribution is -0.132. The van der Waals surface area contributed by atoms with Crippen LogP contribution < -0.4 is 9.64 Å². The lowest BCUT2D eigenvalue weighted by Crippen LogP contribution is -2.29. The first-order valence-electron chi connectivity index (χ1n) is 15.4. The van der Waals surface area contributed by atoms with Gasteiger partial charge >= 0.3 is 5.91 Å². The van der Waals surface area contributed by atoms with E-state index in [1.165, 1.54) is 33.6 Å². The molecule has 0 spiro atoms. The molecule has 2 heterocycles. The molecule has 0 aliphatic carbocycles. The number of Topliss-reactive ketones (excluding diaryl/α,β-unsaturated/α-hetero) is 1. The summed E-state index contributed by atoms with van der Waals surface area (Å²) in [7, 11) is 0. The fourth-order valence-corrected chi connectivity index (χ4v) is 7.25. The third kappa shape index (κ3) is 7.16. The summed E-state index contributed by atoms with van der Waals surface area (Å²) in [6.07, 6.45) is 0. The van der Waals surface area contributed by atoms with E-state index in [0.29, 0.717) is 44.6 Å². The fraction of sp³-hybridized carbons (Fsp3) is 0.211. The van der Waals surface area contributed by atoms with Gasteiger partial charge in [0.25, 0.3) is 5.78 Å². The van der Waals surface area contributed by atoms with E-state index < -0.39 is 17.7 Å². The van der Waals surface area contributed by atoms with Crippen molar-refractivity contribution < 1.29 is 19.4 Å². The summed E-state index contributed by atoms with van der Waals surface area (Å²) in [6, 6.07) is 30.2. The average molecular weight is 662 g/mol. The molecule has 1 fully saturated rings. The molecule has 5 aromatic rings. The quantitative estimate of drug-likeness (QED) is 0.0526. The minimum atomic E-state index is -0.878. The molecule has 7 nitrogen and oxygen atoms in total. The maximum atomic E-state index is 13.7. The summed E-state index contributed by atoms with van der Waals surface area (Å²) in [4.78, 5) is 28.7. The van der Waals surface area contributed by atoms with Crippen molar-refractivity contribution in [1.29, 1.82) is 0 Å². The van der Waals surface area contributed by atoms with E-state index in [-0.39, 0.29) is 11.3 Å². The van der Waals surface area contributed by atoms with Gasteiger partial charge < -0.3 is 9.84 Å². The molecule has 1 saturated heterocycles. The Morgan fingerprint density at radius 3 is 2.30 bits per heavy atom. The van der Waals surface area contributed by atoms with Crippen LogP contribution >= 0.6 is 23.1 Å². The molecule has 1 aromatic heterocycles. The van der Waals surface area contributed by atoms with Gasteiger partial charge in [-0.25, -0.2) is 0 Å². The van der Waals surface area contributed by atoms with Crippen molar-refractivity contribution in [3.63, 3.8) is 0 Å². The summed E-state index contributed by atoms with van der Waals surface area (Å²) < 4.78 is 6.63. The predicted octanol–water partition coefficient (Wildman–Crippen LogP) is 8.78. The number of aliphatic hydroxyl groups is 1. The Bertz CT molecular complexity index is 1930. The molecule has 9 heteroatoms. The van der Waals surface area contributed by atoms with E-state index in [1.54, 1.807) is 24.3 Å². The Balaban J connectivity index is 1.31. The van der Waals surface area contributed by atoms with Crippen molar-refractivity contribution in [2.75, 3.05) is 4.90 Å². The number of benzene rings is 4. The smallest absolute Gasteiger partial charge is 0.301 e. The van der Waals surface area contributed by atoms with Gasteiger partial charge in [-0.15, -0.1) is 10.2 Å². The number of ketones is 1. The Labute approximate surface area is 283 Å². The van der Waals surface area contributed by atoms with Crippen LogP contribution in [0.3, 0.4) is 0 Å². The number of aryl methyl sites for hydroxylation is 2. The van der Waals surface area contributed by atoms with Gasteiger partial charge in [0, 0.05) is 11.3 Å². The largest absolute Gasteiger partial charge is 0.507 e. The molecule has 1 aliphatic heterocycles. The fourth-order valence-electron chi connectivity index (χ4n) is 5.43. The van der Waals surface area contributed by atoms with Gasteiger partial charge in [-0.1, -0.05) is 121 Å². The van der Waals surface area contributed by atoms with Crippen LogP contribution in [0.1, 0.15) is 64.8 Å². The molecule has 0 radical (unpaired) electrons. The zero-order valence-corrected chi connectivity index (χ0v) is 28.3. The van der Waals surface area contributed by atoms with E-state index >= 15 is 0 Å². The van der Waals surface area contributed by atoms with Gasteiger partial charge in [0.2, 0.25) is 5.13 Å². The second kappa shape index (κ2) is 13.9. The maximum Gasteiger partial charge on any atom is 0.301 e. The van der Waals surface area contributed by atoms with Crippen molar-refractivity contribution in [1.82, 2.24) is 10.2 Å². The standard InChI is InChI=1S/C38H35N3O4S2/c1-23(2)28-12-14-29(15-13-28)33-32(34(42)30-16-18-31(19-17-30)45-21-27-7-5-6-25(4)20-27)35(43)36(44)41(33)37-39-40-38(47-37)46-22-26-10-8-24(3)9-11-26/h5-20,23,33,42H,21-22H2,1-4H3/b34-32+. The molecule has 1 amide bonds. The van der Waals surface area contributed by atoms with Crippen molar-refractivity contribution in [3.8, 4) is 5.75 Å². The zero-order chi connectivity index (χ0) is 33.1. The average Bonchev–Trinajstić information content (AvgIpc) is 3.65. The first kappa shape index (κ1) is 32.2. The van der Waals surface area contributed by atoms with Crippen LogP contribution in [0.15, 0.2) is 107 Å². The molecule has 1 aliphatic rings. The minimum absolute atomic E-state index is 0.00443.